The molecule has 1 aromatic rings. The Hall–Kier alpha value is -0.630. The normalized spacial score (nSPS) is 10.7. The molecular weight excluding hydrogens is 323 g/mol. The third-order valence-corrected chi connectivity index (χ3v) is 2.94. The molecular formula is C10H15IN2O3. The van der Waals surface area contributed by atoms with E-state index < -0.39 is 0 Å². The fourth-order valence-corrected chi connectivity index (χ4v) is 1.97. The van der Waals surface area contributed by atoms with Gasteiger partial charge in [0.25, 0.3) is 5.56 Å². The van der Waals surface area contributed by atoms with Gasteiger partial charge in [-0.25, -0.2) is 4.79 Å². The Morgan fingerprint density at radius 3 is 2.62 bits per heavy atom. The van der Waals surface area contributed by atoms with Crippen molar-refractivity contribution < 1.29 is 4.74 Å². The number of rotatable bonds is 5. The molecule has 0 radical (unpaired) electrons. The second-order valence-electron chi connectivity index (χ2n) is 3.20. The third-order valence-electron chi connectivity index (χ3n) is 2.20. The molecule has 0 N–H and O–H groups in total. The molecule has 0 fully saturated rings. The molecule has 0 aliphatic heterocycles. The fourth-order valence-electron chi connectivity index (χ4n) is 1.34. The summed E-state index contributed by atoms with van der Waals surface area (Å²) in [5, 5.41) is 0. The molecule has 0 saturated heterocycles. The van der Waals surface area contributed by atoms with Crippen molar-refractivity contribution in [3.05, 3.63) is 30.6 Å². The summed E-state index contributed by atoms with van der Waals surface area (Å²) in [5.74, 6) is 0. The Morgan fingerprint density at radius 2 is 2.06 bits per heavy atom. The standard InChI is InChI=1S/C10H15IN2O3/c1-3-12-7-8(11)9(14)13(10(12)15)5-6-16-4-2/h7H,3-6H2,1-2H3. The van der Waals surface area contributed by atoms with Crippen LogP contribution in [0.25, 0.3) is 0 Å². The molecule has 1 rings (SSSR count). The van der Waals surface area contributed by atoms with Crippen molar-refractivity contribution in [2.45, 2.75) is 26.9 Å². The Kier molecular flexibility index (Phi) is 5.20. The maximum absolute atomic E-state index is 11.8. The summed E-state index contributed by atoms with van der Waals surface area (Å²) in [4.78, 5) is 23.6. The van der Waals surface area contributed by atoms with E-state index in [1.165, 1.54) is 9.13 Å². The Bertz CT molecular complexity index is 464. The van der Waals surface area contributed by atoms with Crippen molar-refractivity contribution in [1.29, 1.82) is 0 Å². The van der Waals surface area contributed by atoms with Crippen LogP contribution in [0.15, 0.2) is 15.8 Å². The van der Waals surface area contributed by atoms with Crippen LogP contribution >= 0.6 is 22.6 Å². The topological polar surface area (TPSA) is 53.2 Å². The molecule has 0 atom stereocenters. The van der Waals surface area contributed by atoms with Crippen LogP contribution in [0.2, 0.25) is 0 Å². The largest absolute Gasteiger partial charge is 0.380 e. The summed E-state index contributed by atoms with van der Waals surface area (Å²) in [5.41, 5.74) is -0.511. The number of hydrogen-bond acceptors (Lipinski definition) is 3. The van der Waals surface area contributed by atoms with E-state index in [2.05, 4.69) is 0 Å². The molecule has 0 spiro atoms. The van der Waals surface area contributed by atoms with Crippen molar-refractivity contribution in [1.82, 2.24) is 9.13 Å². The molecule has 0 amide bonds. The molecule has 0 saturated carbocycles. The zero-order valence-electron chi connectivity index (χ0n) is 9.40. The zero-order valence-corrected chi connectivity index (χ0v) is 11.6. The van der Waals surface area contributed by atoms with Crippen molar-refractivity contribution in [3.8, 4) is 0 Å². The van der Waals surface area contributed by atoms with E-state index in [4.69, 9.17) is 4.74 Å². The second-order valence-corrected chi connectivity index (χ2v) is 4.36. The number of aryl methyl sites for hydroxylation is 1. The molecule has 5 nitrogen and oxygen atoms in total. The molecule has 0 aromatic carbocycles. The van der Waals surface area contributed by atoms with Gasteiger partial charge < -0.3 is 4.74 Å². The summed E-state index contributed by atoms with van der Waals surface area (Å²) in [6.07, 6.45) is 1.59. The molecule has 0 bridgehead atoms. The molecule has 6 heteroatoms. The molecule has 16 heavy (non-hydrogen) atoms. The van der Waals surface area contributed by atoms with Crippen molar-refractivity contribution >= 4 is 22.6 Å². The van der Waals surface area contributed by atoms with Crippen molar-refractivity contribution in [2.24, 2.45) is 0 Å². The van der Waals surface area contributed by atoms with Crippen molar-refractivity contribution in [3.63, 3.8) is 0 Å². The second kappa shape index (κ2) is 6.19. The average molecular weight is 338 g/mol. The SMILES string of the molecule is CCOCCn1c(=O)c(I)cn(CC)c1=O. The van der Waals surface area contributed by atoms with Gasteiger partial charge in [0.05, 0.1) is 16.7 Å². The molecule has 0 aliphatic carbocycles. The Morgan fingerprint density at radius 1 is 1.38 bits per heavy atom. The zero-order chi connectivity index (χ0) is 12.1. The summed E-state index contributed by atoms with van der Waals surface area (Å²) in [6, 6.07) is 0. The molecule has 1 heterocycles. The highest BCUT2D eigenvalue weighted by Crippen LogP contribution is 1.94. The van der Waals surface area contributed by atoms with Crippen molar-refractivity contribution in [2.75, 3.05) is 13.2 Å². The summed E-state index contributed by atoms with van der Waals surface area (Å²) in [7, 11) is 0. The van der Waals surface area contributed by atoms with E-state index in [1.807, 2.05) is 36.4 Å². The van der Waals surface area contributed by atoms with E-state index >= 15 is 0 Å². The quantitative estimate of drug-likeness (QED) is 0.586. The lowest BCUT2D eigenvalue weighted by atomic mass is 10.5. The number of aromatic nitrogens is 2. The lowest BCUT2D eigenvalue weighted by molar-refractivity contribution is 0.136. The van der Waals surface area contributed by atoms with Crippen LogP contribution in [-0.4, -0.2) is 22.3 Å². The van der Waals surface area contributed by atoms with Crippen LogP contribution in [0.1, 0.15) is 13.8 Å². The van der Waals surface area contributed by atoms with E-state index in [9.17, 15) is 9.59 Å². The van der Waals surface area contributed by atoms with Gasteiger partial charge in [0.15, 0.2) is 0 Å². The minimum Gasteiger partial charge on any atom is -0.380 e. The minimum absolute atomic E-state index is 0.241. The minimum atomic E-state index is -0.271. The van der Waals surface area contributed by atoms with Crippen LogP contribution in [0, 0.1) is 3.57 Å². The number of halogens is 1. The first-order valence-electron chi connectivity index (χ1n) is 5.19. The van der Waals surface area contributed by atoms with Gasteiger partial charge in [-0.3, -0.25) is 13.9 Å². The predicted octanol–water partition coefficient (Wildman–Crippen LogP) is 0.671. The van der Waals surface area contributed by atoms with Crippen LogP contribution in [0.5, 0.6) is 0 Å². The highest BCUT2D eigenvalue weighted by Gasteiger charge is 2.08. The Labute approximate surface area is 107 Å². The summed E-state index contributed by atoms with van der Waals surface area (Å²) in [6.45, 7) is 5.58. The van der Waals surface area contributed by atoms with Crippen LogP contribution < -0.4 is 11.2 Å². The Balaban J connectivity index is 3.10. The van der Waals surface area contributed by atoms with E-state index in [0.29, 0.717) is 29.9 Å². The first kappa shape index (κ1) is 13.4. The average Bonchev–Trinajstić information content (AvgIpc) is 2.28. The molecule has 0 aliphatic rings. The van der Waals surface area contributed by atoms with E-state index in [-0.39, 0.29) is 11.2 Å². The van der Waals surface area contributed by atoms with Crippen LogP contribution in [0.3, 0.4) is 0 Å². The van der Waals surface area contributed by atoms with Gasteiger partial charge in [-0.1, -0.05) is 0 Å². The first-order chi connectivity index (χ1) is 7.61. The number of hydrogen-bond donors (Lipinski definition) is 0. The first-order valence-corrected chi connectivity index (χ1v) is 6.27. The maximum Gasteiger partial charge on any atom is 0.331 e. The maximum atomic E-state index is 11.8. The van der Waals surface area contributed by atoms with Crippen LogP contribution in [0.4, 0.5) is 0 Å². The fraction of sp³-hybridized carbons (Fsp3) is 0.600. The molecule has 90 valence electrons. The van der Waals surface area contributed by atoms with Gasteiger partial charge in [-0.2, -0.15) is 0 Å². The van der Waals surface area contributed by atoms with Gasteiger partial charge in [0.1, 0.15) is 0 Å². The summed E-state index contributed by atoms with van der Waals surface area (Å²) < 4.78 is 8.45. The predicted molar refractivity (Wildman–Crippen MR) is 69.8 cm³/mol. The number of ether oxygens (including phenoxy) is 1. The van der Waals surface area contributed by atoms with Crippen LogP contribution in [-0.2, 0) is 17.8 Å². The van der Waals surface area contributed by atoms with Gasteiger partial charge in [0.2, 0.25) is 0 Å². The highest BCUT2D eigenvalue weighted by molar-refractivity contribution is 14.1. The van der Waals surface area contributed by atoms with Gasteiger partial charge >= 0.3 is 5.69 Å². The third kappa shape index (κ3) is 2.94. The highest BCUT2D eigenvalue weighted by atomic mass is 127. The molecule has 1 aromatic heterocycles. The van der Waals surface area contributed by atoms with Gasteiger partial charge in [0, 0.05) is 19.3 Å². The lowest BCUT2D eigenvalue weighted by Crippen LogP contribution is -2.41. The molecule has 0 unspecified atom stereocenters. The van der Waals surface area contributed by atoms with E-state index in [0.717, 1.165) is 0 Å². The lowest BCUT2D eigenvalue weighted by Gasteiger charge is -2.09. The van der Waals surface area contributed by atoms with E-state index in [1.54, 1.807) is 6.20 Å². The van der Waals surface area contributed by atoms with Gasteiger partial charge in [-0.05, 0) is 36.4 Å². The summed E-state index contributed by atoms with van der Waals surface area (Å²) >= 11 is 1.94. The van der Waals surface area contributed by atoms with Gasteiger partial charge in [-0.15, -0.1) is 0 Å². The monoisotopic (exact) mass is 338 g/mol. The number of nitrogens with zero attached hydrogens (tertiary/aromatic N) is 2. The smallest absolute Gasteiger partial charge is 0.331 e.